The van der Waals surface area contributed by atoms with Gasteiger partial charge in [0.05, 0.1) is 28.2 Å². The topological polar surface area (TPSA) is 66.0 Å². The number of halogens is 2. The molecule has 3 aliphatic rings. The maximum atomic E-state index is 14.8. The molecule has 3 N–H and O–H groups in total. The number of benzene rings is 2. The number of hydrogen-bond donors (Lipinski definition) is 2. The summed E-state index contributed by atoms with van der Waals surface area (Å²) in [6.07, 6.45) is 9.54. The van der Waals surface area contributed by atoms with Gasteiger partial charge in [0.25, 0.3) is 0 Å². The van der Waals surface area contributed by atoms with Gasteiger partial charge in [-0.25, -0.2) is 4.39 Å². The third kappa shape index (κ3) is 5.00. The fraction of sp³-hybridized carbons (Fsp3) is 0.429. The van der Waals surface area contributed by atoms with Crippen LogP contribution in [0.5, 0.6) is 0 Å². The van der Waals surface area contributed by atoms with Crippen LogP contribution in [0.25, 0.3) is 5.57 Å². The number of nitrogens with two attached hydrogens (primary N) is 1. The van der Waals surface area contributed by atoms with Crippen molar-refractivity contribution in [1.29, 1.82) is 0 Å². The van der Waals surface area contributed by atoms with Gasteiger partial charge in [-0.05, 0) is 67.5 Å². The van der Waals surface area contributed by atoms with Crippen LogP contribution < -0.4 is 11.2 Å². The van der Waals surface area contributed by atoms with Crippen LogP contribution in [-0.2, 0) is 0 Å². The smallest absolute Gasteiger partial charge is 0.164 e. The van der Waals surface area contributed by atoms with E-state index in [2.05, 4.69) is 39.6 Å². The second-order valence-corrected chi connectivity index (χ2v) is 10.2. The van der Waals surface area contributed by atoms with Gasteiger partial charge < -0.3 is 11.2 Å². The van der Waals surface area contributed by atoms with E-state index < -0.39 is 5.82 Å². The van der Waals surface area contributed by atoms with Gasteiger partial charge in [0, 0.05) is 31.2 Å². The highest BCUT2D eigenvalue weighted by Crippen LogP contribution is 2.35. The molecular formula is C28H33ClFN5. The molecule has 5 nitrogen and oxygen atoms in total. The number of hydrogen-bond acceptors (Lipinski definition) is 5. The Morgan fingerprint density at radius 2 is 2.03 bits per heavy atom. The van der Waals surface area contributed by atoms with E-state index in [0.29, 0.717) is 17.9 Å². The van der Waals surface area contributed by atoms with Crippen LogP contribution >= 0.6 is 11.6 Å². The van der Waals surface area contributed by atoms with Crippen molar-refractivity contribution >= 4 is 34.3 Å². The van der Waals surface area contributed by atoms with E-state index in [1.54, 1.807) is 18.2 Å². The molecule has 2 heterocycles. The molecule has 1 atom stereocenters. The SMILES string of the molecule is CC(=NN)C1=NCCC(Nc2cccc(Cl)c2F)c2cc(C3=CCN(C4CCCC4)CC3)ccc21. The van der Waals surface area contributed by atoms with Crippen LogP contribution in [0.15, 0.2) is 52.6 Å². The zero-order chi connectivity index (χ0) is 24.4. The number of rotatable bonds is 5. The molecular weight excluding hydrogens is 461 g/mol. The van der Waals surface area contributed by atoms with E-state index in [9.17, 15) is 4.39 Å². The molecule has 35 heavy (non-hydrogen) atoms. The molecule has 1 saturated carbocycles. The molecule has 0 amide bonds. The number of nitrogens with one attached hydrogen (secondary N) is 1. The maximum Gasteiger partial charge on any atom is 0.164 e. The van der Waals surface area contributed by atoms with Gasteiger partial charge >= 0.3 is 0 Å². The Morgan fingerprint density at radius 1 is 1.20 bits per heavy atom. The molecule has 2 aromatic carbocycles. The Kier molecular flexibility index (Phi) is 7.21. The summed E-state index contributed by atoms with van der Waals surface area (Å²) in [5.74, 6) is 5.20. The van der Waals surface area contributed by atoms with E-state index in [0.717, 1.165) is 48.8 Å². The highest BCUT2D eigenvalue weighted by atomic mass is 35.5. The zero-order valence-corrected chi connectivity index (χ0v) is 21.0. The maximum absolute atomic E-state index is 14.8. The second-order valence-electron chi connectivity index (χ2n) is 9.75. The van der Waals surface area contributed by atoms with Gasteiger partial charge in [-0.1, -0.05) is 48.7 Å². The van der Waals surface area contributed by atoms with E-state index in [1.807, 2.05) is 6.92 Å². The predicted octanol–water partition coefficient (Wildman–Crippen LogP) is 6.19. The molecule has 1 fully saturated rings. The van der Waals surface area contributed by atoms with Crippen molar-refractivity contribution in [2.24, 2.45) is 15.9 Å². The quantitative estimate of drug-likeness (QED) is 0.296. The summed E-state index contributed by atoms with van der Waals surface area (Å²) in [6.45, 7) is 4.58. The zero-order valence-electron chi connectivity index (χ0n) is 20.2. The fourth-order valence-electron chi connectivity index (χ4n) is 5.68. The average molecular weight is 494 g/mol. The summed E-state index contributed by atoms with van der Waals surface area (Å²) in [7, 11) is 0. The Labute approximate surface area is 211 Å². The van der Waals surface area contributed by atoms with Crippen LogP contribution in [0.3, 0.4) is 0 Å². The second kappa shape index (κ2) is 10.5. The minimum atomic E-state index is -0.432. The number of nitrogens with zero attached hydrogens (tertiary/aromatic N) is 3. The highest BCUT2D eigenvalue weighted by Gasteiger charge is 2.27. The summed E-state index contributed by atoms with van der Waals surface area (Å²) in [6, 6.07) is 12.2. The molecule has 7 heteroatoms. The Bertz CT molecular complexity index is 1180. The third-order valence-electron chi connectivity index (χ3n) is 7.64. The minimum Gasteiger partial charge on any atom is -0.376 e. The van der Waals surface area contributed by atoms with Crippen LogP contribution in [0.1, 0.15) is 68.2 Å². The number of aliphatic imine (C=N–C) groups is 1. The summed E-state index contributed by atoms with van der Waals surface area (Å²) in [4.78, 5) is 7.43. The number of hydrazone groups is 1. The molecule has 0 spiro atoms. The average Bonchev–Trinajstić information content (AvgIpc) is 3.37. The van der Waals surface area contributed by atoms with E-state index in [4.69, 9.17) is 22.4 Å². The predicted molar refractivity (Wildman–Crippen MR) is 144 cm³/mol. The Balaban J connectivity index is 1.48. The fourth-order valence-corrected chi connectivity index (χ4v) is 5.86. The molecule has 0 aromatic heterocycles. The summed E-state index contributed by atoms with van der Waals surface area (Å²) < 4.78 is 14.8. The van der Waals surface area contributed by atoms with Crippen LogP contribution in [0.4, 0.5) is 10.1 Å². The molecule has 5 rings (SSSR count). The van der Waals surface area contributed by atoms with Crippen molar-refractivity contribution in [3.05, 3.63) is 70.0 Å². The van der Waals surface area contributed by atoms with Gasteiger partial charge in [-0.2, -0.15) is 5.10 Å². The van der Waals surface area contributed by atoms with Crippen molar-refractivity contribution in [2.45, 2.75) is 57.5 Å². The van der Waals surface area contributed by atoms with Crippen molar-refractivity contribution < 1.29 is 4.39 Å². The van der Waals surface area contributed by atoms with Crippen molar-refractivity contribution in [3.63, 3.8) is 0 Å². The summed E-state index contributed by atoms with van der Waals surface area (Å²) in [5, 5.41) is 7.43. The first-order chi connectivity index (χ1) is 17.0. The van der Waals surface area contributed by atoms with Gasteiger partial charge in [0.15, 0.2) is 5.82 Å². The lowest BCUT2D eigenvalue weighted by molar-refractivity contribution is 0.219. The standard InChI is InChI=1S/C28H33ClFN5/c1-18(34-31)28-22-10-9-20(19-12-15-35(16-13-19)21-5-2-3-6-21)17-23(22)25(11-14-32-28)33-26-8-4-7-24(29)27(26)30/h4,7-10,12,17,21,25,33H,2-3,5-6,11,13-16,31H2,1H3. The lowest BCUT2D eigenvalue weighted by atomic mass is 9.89. The van der Waals surface area contributed by atoms with Crippen LogP contribution in [-0.4, -0.2) is 42.0 Å². The van der Waals surface area contributed by atoms with E-state index in [1.165, 1.54) is 36.8 Å². The lowest BCUT2D eigenvalue weighted by Gasteiger charge is -2.32. The van der Waals surface area contributed by atoms with Crippen molar-refractivity contribution in [2.75, 3.05) is 25.0 Å². The largest absolute Gasteiger partial charge is 0.376 e. The van der Waals surface area contributed by atoms with E-state index in [-0.39, 0.29) is 11.1 Å². The van der Waals surface area contributed by atoms with Gasteiger partial charge in [-0.15, -0.1) is 0 Å². The molecule has 1 aliphatic carbocycles. The third-order valence-corrected chi connectivity index (χ3v) is 7.93. The van der Waals surface area contributed by atoms with E-state index >= 15 is 0 Å². The monoisotopic (exact) mass is 493 g/mol. The summed E-state index contributed by atoms with van der Waals surface area (Å²) in [5.41, 5.74) is 6.56. The number of fused-ring (bicyclic) bond motifs is 1. The molecule has 2 aromatic rings. The molecule has 2 aliphatic heterocycles. The van der Waals surface area contributed by atoms with Gasteiger partial charge in [0.2, 0.25) is 0 Å². The number of anilines is 1. The Morgan fingerprint density at radius 3 is 2.77 bits per heavy atom. The normalized spacial score (nSPS) is 21.8. The first kappa shape index (κ1) is 24.0. The highest BCUT2D eigenvalue weighted by molar-refractivity contribution is 6.48. The Hall–Kier alpha value is -2.70. The molecule has 0 bridgehead atoms. The summed E-state index contributed by atoms with van der Waals surface area (Å²) >= 11 is 6.05. The lowest BCUT2D eigenvalue weighted by Crippen LogP contribution is -2.36. The minimum absolute atomic E-state index is 0.111. The first-order valence-electron chi connectivity index (χ1n) is 12.6. The van der Waals surface area contributed by atoms with Crippen molar-refractivity contribution in [1.82, 2.24) is 4.90 Å². The van der Waals surface area contributed by atoms with Gasteiger partial charge in [0.1, 0.15) is 0 Å². The van der Waals surface area contributed by atoms with Crippen LogP contribution in [0.2, 0.25) is 5.02 Å². The first-order valence-corrected chi connectivity index (χ1v) is 13.0. The molecule has 0 saturated heterocycles. The van der Waals surface area contributed by atoms with Crippen molar-refractivity contribution in [3.8, 4) is 0 Å². The molecule has 1 unspecified atom stereocenters. The van der Waals surface area contributed by atoms with Gasteiger partial charge in [-0.3, -0.25) is 9.89 Å². The molecule has 0 radical (unpaired) electrons. The van der Waals surface area contributed by atoms with Crippen LogP contribution in [0, 0.1) is 5.82 Å². The molecule has 184 valence electrons.